The Morgan fingerprint density at radius 2 is 1.80 bits per heavy atom. The Kier molecular flexibility index (Phi) is 1.49. The lowest BCUT2D eigenvalue weighted by atomic mass is 10.2. The number of hydrogen-bond donors (Lipinski definition) is 2. The Balaban J connectivity index is 3.28. The highest BCUT2D eigenvalue weighted by atomic mass is 19.1. The quantitative estimate of drug-likeness (QED) is 0.533. The minimum absolute atomic E-state index is 0.145. The molecule has 1 aromatic carbocycles. The van der Waals surface area contributed by atoms with E-state index in [2.05, 4.69) is 0 Å². The second-order valence-corrected chi connectivity index (χ2v) is 2.23. The largest absolute Gasteiger partial charge is 0.398 e. The molecule has 0 aromatic heterocycles. The van der Waals surface area contributed by atoms with Crippen molar-refractivity contribution in [2.24, 2.45) is 0 Å². The number of aryl methyl sites for hydroxylation is 1. The molecular weight excluding hydrogens is 131 g/mol. The van der Waals surface area contributed by atoms with Gasteiger partial charge < -0.3 is 11.5 Å². The van der Waals surface area contributed by atoms with Gasteiger partial charge in [0, 0.05) is 5.69 Å². The van der Waals surface area contributed by atoms with Crippen LogP contribution in [0.4, 0.5) is 15.8 Å². The molecule has 0 aliphatic heterocycles. The monoisotopic (exact) mass is 140 g/mol. The van der Waals surface area contributed by atoms with E-state index in [1.54, 1.807) is 6.92 Å². The van der Waals surface area contributed by atoms with Crippen molar-refractivity contribution < 1.29 is 4.39 Å². The van der Waals surface area contributed by atoms with Crippen molar-refractivity contribution in [2.75, 3.05) is 11.5 Å². The molecule has 0 saturated heterocycles. The van der Waals surface area contributed by atoms with Crippen molar-refractivity contribution in [3.05, 3.63) is 23.5 Å². The van der Waals surface area contributed by atoms with Gasteiger partial charge in [-0.3, -0.25) is 0 Å². The molecule has 0 spiro atoms. The SMILES string of the molecule is Cc1cc(N)c(F)cc1N. The van der Waals surface area contributed by atoms with Crippen molar-refractivity contribution in [3.8, 4) is 0 Å². The average molecular weight is 140 g/mol. The second kappa shape index (κ2) is 2.17. The topological polar surface area (TPSA) is 52.0 Å². The van der Waals surface area contributed by atoms with Gasteiger partial charge in [-0.05, 0) is 24.6 Å². The first-order valence-corrected chi connectivity index (χ1v) is 2.92. The molecule has 0 saturated carbocycles. The first kappa shape index (κ1) is 6.86. The van der Waals surface area contributed by atoms with E-state index in [-0.39, 0.29) is 5.69 Å². The van der Waals surface area contributed by atoms with Gasteiger partial charge in [0.15, 0.2) is 0 Å². The molecule has 0 unspecified atom stereocenters. The predicted octanol–water partition coefficient (Wildman–Crippen LogP) is 1.30. The molecule has 0 heterocycles. The van der Waals surface area contributed by atoms with Gasteiger partial charge in [0.1, 0.15) is 5.82 Å². The lowest BCUT2D eigenvalue weighted by Crippen LogP contribution is -1.95. The Labute approximate surface area is 58.6 Å². The van der Waals surface area contributed by atoms with E-state index in [0.717, 1.165) is 5.56 Å². The van der Waals surface area contributed by atoms with Crippen molar-refractivity contribution in [1.29, 1.82) is 0 Å². The molecule has 0 radical (unpaired) electrons. The van der Waals surface area contributed by atoms with E-state index in [1.165, 1.54) is 12.1 Å². The van der Waals surface area contributed by atoms with Crippen LogP contribution >= 0.6 is 0 Å². The van der Waals surface area contributed by atoms with Crippen molar-refractivity contribution in [1.82, 2.24) is 0 Å². The number of rotatable bonds is 0. The van der Waals surface area contributed by atoms with Gasteiger partial charge in [0.25, 0.3) is 0 Å². The van der Waals surface area contributed by atoms with Crippen molar-refractivity contribution in [2.45, 2.75) is 6.92 Å². The number of halogens is 1. The highest BCUT2D eigenvalue weighted by Gasteiger charge is 1.99. The molecule has 0 aliphatic carbocycles. The van der Waals surface area contributed by atoms with Gasteiger partial charge >= 0.3 is 0 Å². The van der Waals surface area contributed by atoms with E-state index < -0.39 is 5.82 Å². The fraction of sp³-hybridized carbons (Fsp3) is 0.143. The zero-order valence-electron chi connectivity index (χ0n) is 5.69. The normalized spacial score (nSPS) is 9.80. The third kappa shape index (κ3) is 1.03. The summed E-state index contributed by atoms with van der Waals surface area (Å²) in [6.07, 6.45) is 0. The second-order valence-electron chi connectivity index (χ2n) is 2.23. The molecule has 1 rings (SSSR count). The number of benzene rings is 1. The van der Waals surface area contributed by atoms with Crippen molar-refractivity contribution in [3.63, 3.8) is 0 Å². The molecule has 4 N–H and O–H groups in total. The van der Waals surface area contributed by atoms with E-state index in [1.807, 2.05) is 0 Å². The smallest absolute Gasteiger partial charge is 0.148 e. The van der Waals surface area contributed by atoms with Crippen LogP contribution in [0.5, 0.6) is 0 Å². The lowest BCUT2D eigenvalue weighted by Gasteiger charge is -2.01. The zero-order chi connectivity index (χ0) is 7.72. The van der Waals surface area contributed by atoms with Crippen LogP contribution in [0, 0.1) is 12.7 Å². The van der Waals surface area contributed by atoms with Crippen LogP contribution in [0.1, 0.15) is 5.56 Å². The zero-order valence-corrected chi connectivity index (χ0v) is 5.69. The highest BCUT2D eigenvalue weighted by molar-refractivity contribution is 5.55. The molecule has 54 valence electrons. The van der Waals surface area contributed by atoms with E-state index in [4.69, 9.17) is 11.5 Å². The van der Waals surface area contributed by atoms with Crippen molar-refractivity contribution >= 4 is 11.4 Å². The molecule has 0 atom stereocenters. The van der Waals surface area contributed by atoms with E-state index >= 15 is 0 Å². The number of nitrogen functional groups attached to an aromatic ring is 2. The summed E-state index contributed by atoms with van der Waals surface area (Å²) in [5.74, 6) is -0.455. The molecule has 2 nitrogen and oxygen atoms in total. The first-order chi connectivity index (χ1) is 4.61. The average Bonchev–Trinajstić information content (AvgIpc) is 1.84. The summed E-state index contributed by atoms with van der Waals surface area (Å²) in [7, 11) is 0. The van der Waals surface area contributed by atoms with Gasteiger partial charge in [-0.1, -0.05) is 0 Å². The molecule has 0 fully saturated rings. The molecule has 10 heavy (non-hydrogen) atoms. The van der Waals surface area contributed by atoms with Gasteiger partial charge in [-0.2, -0.15) is 0 Å². The Morgan fingerprint density at radius 1 is 1.20 bits per heavy atom. The highest BCUT2D eigenvalue weighted by Crippen LogP contribution is 2.17. The van der Waals surface area contributed by atoms with Gasteiger partial charge in [0.05, 0.1) is 5.69 Å². The number of hydrogen-bond acceptors (Lipinski definition) is 2. The first-order valence-electron chi connectivity index (χ1n) is 2.92. The molecule has 0 amide bonds. The summed E-state index contributed by atoms with van der Waals surface area (Å²) in [5.41, 5.74) is 12.0. The number of nitrogens with two attached hydrogens (primary N) is 2. The Morgan fingerprint density at radius 3 is 2.30 bits per heavy atom. The molecule has 0 aliphatic rings. The van der Waals surface area contributed by atoms with E-state index in [9.17, 15) is 4.39 Å². The summed E-state index contributed by atoms with van der Waals surface area (Å²) in [6, 6.07) is 2.75. The standard InChI is InChI=1S/C7H9FN2/c1-4-2-7(10)5(8)3-6(4)9/h2-3H,9-10H2,1H3. The summed E-state index contributed by atoms with van der Waals surface area (Å²) >= 11 is 0. The minimum Gasteiger partial charge on any atom is -0.398 e. The van der Waals surface area contributed by atoms with E-state index in [0.29, 0.717) is 5.69 Å². The third-order valence-corrected chi connectivity index (χ3v) is 1.39. The van der Waals surface area contributed by atoms with Crippen LogP contribution < -0.4 is 11.5 Å². The van der Waals surface area contributed by atoms with Crippen LogP contribution in [-0.2, 0) is 0 Å². The summed E-state index contributed by atoms with van der Waals surface area (Å²) in [5, 5.41) is 0. The molecule has 3 heteroatoms. The number of anilines is 2. The van der Waals surface area contributed by atoms with Gasteiger partial charge in [-0.25, -0.2) is 4.39 Å². The fourth-order valence-electron chi connectivity index (χ4n) is 0.719. The fourth-order valence-corrected chi connectivity index (χ4v) is 0.719. The summed E-state index contributed by atoms with van der Waals surface area (Å²) < 4.78 is 12.6. The van der Waals surface area contributed by atoms with Crippen LogP contribution in [0.3, 0.4) is 0 Å². The van der Waals surface area contributed by atoms with Crippen LogP contribution in [0.2, 0.25) is 0 Å². The van der Waals surface area contributed by atoms with Crippen LogP contribution in [-0.4, -0.2) is 0 Å². The minimum atomic E-state index is -0.455. The summed E-state index contributed by atoms with van der Waals surface area (Å²) in [6.45, 7) is 1.78. The maximum Gasteiger partial charge on any atom is 0.148 e. The van der Waals surface area contributed by atoms with Gasteiger partial charge in [-0.15, -0.1) is 0 Å². The summed E-state index contributed by atoms with van der Waals surface area (Å²) in [4.78, 5) is 0. The molecule has 0 bridgehead atoms. The third-order valence-electron chi connectivity index (χ3n) is 1.39. The molecular formula is C7H9FN2. The maximum atomic E-state index is 12.6. The Hall–Kier alpha value is -1.25. The van der Waals surface area contributed by atoms with Crippen LogP contribution in [0.15, 0.2) is 12.1 Å². The molecule has 1 aromatic rings. The van der Waals surface area contributed by atoms with Gasteiger partial charge in [0.2, 0.25) is 0 Å². The predicted molar refractivity (Wildman–Crippen MR) is 40.0 cm³/mol. The lowest BCUT2D eigenvalue weighted by molar-refractivity contribution is 0.633. The maximum absolute atomic E-state index is 12.6. The Bertz CT molecular complexity index is 208. The van der Waals surface area contributed by atoms with Crippen LogP contribution in [0.25, 0.3) is 0 Å².